The second-order valence-corrected chi connectivity index (χ2v) is 8.08. The first-order valence-electron chi connectivity index (χ1n) is 8.84. The summed E-state index contributed by atoms with van der Waals surface area (Å²) < 4.78 is 34.8. The topological polar surface area (TPSA) is 128 Å². The van der Waals surface area contributed by atoms with Gasteiger partial charge in [-0.05, 0) is 17.7 Å². The molecule has 2 aromatic carbocycles. The largest absolute Gasteiger partial charge is 0.467 e. The minimum absolute atomic E-state index is 0.0296. The Morgan fingerprint density at radius 1 is 1.00 bits per heavy atom. The molecule has 0 aliphatic rings. The molecule has 0 saturated heterocycles. The van der Waals surface area contributed by atoms with Gasteiger partial charge in [0.05, 0.1) is 24.6 Å². The number of carbonyl (C=O) groups is 3. The van der Waals surface area contributed by atoms with E-state index in [1.807, 2.05) is 6.07 Å². The van der Waals surface area contributed by atoms with Crippen LogP contribution in [0.5, 0.6) is 0 Å². The molecule has 1 unspecified atom stereocenters. The Morgan fingerprint density at radius 2 is 1.63 bits per heavy atom. The number of amides is 1. The zero-order valence-electron chi connectivity index (χ0n) is 16.5. The number of rotatable bonds is 9. The van der Waals surface area contributed by atoms with Crippen molar-refractivity contribution in [2.24, 2.45) is 0 Å². The van der Waals surface area contributed by atoms with Gasteiger partial charge >= 0.3 is 11.9 Å². The fourth-order valence-corrected chi connectivity index (χ4v) is 3.16. The summed E-state index contributed by atoms with van der Waals surface area (Å²) >= 11 is 0. The molecular weight excluding hydrogens is 412 g/mol. The number of anilines is 1. The summed E-state index contributed by atoms with van der Waals surface area (Å²) in [6, 6.07) is 13.9. The Kier molecular flexibility index (Phi) is 7.93. The van der Waals surface area contributed by atoms with E-state index in [0.717, 1.165) is 11.8 Å². The standard InChI is InChI=1S/C20H22N2O7S/c1-28-20(25)17(12-14-8-4-3-5-9-14)21-18(23)13-29-19(24)15-10-6-7-11-16(15)22-30(2,26)27/h3-11,17,22H,12-13H2,1-2H3,(H,21,23). The smallest absolute Gasteiger partial charge is 0.340 e. The second kappa shape index (κ2) is 10.4. The van der Waals surface area contributed by atoms with Gasteiger partial charge < -0.3 is 14.8 Å². The molecule has 2 rings (SSSR count). The second-order valence-electron chi connectivity index (χ2n) is 6.33. The van der Waals surface area contributed by atoms with Crippen LogP contribution in [0.25, 0.3) is 0 Å². The van der Waals surface area contributed by atoms with Crippen LogP contribution in [0.4, 0.5) is 5.69 Å². The molecule has 10 heteroatoms. The molecule has 0 spiro atoms. The molecule has 1 amide bonds. The minimum atomic E-state index is -3.61. The average Bonchev–Trinajstić information content (AvgIpc) is 2.71. The zero-order valence-corrected chi connectivity index (χ0v) is 17.3. The van der Waals surface area contributed by atoms with Crippen LogP contribution in [-0.2, 0) is 35.5 Å². The van der Waals surface area contributed by atoms with Crippen LogP contribution in [0.3, 0.4) is 0 Å². The van der Waals surface area contributed by atoms with Crippen molar-refractivity contribution in [1.82, 2.24) is 5.32 Å². The maximum absolute atomic E-state index is 12.3. The monoisotopic (exact) mass is 434 g/mol. The summed E-state index contributed by atoms with van der Waals surface area (Å²) in [6.45, 7) is -0.658. The molecule has 0 aliphatic heterocycles. The molecule has 9 nitrogen and oxygen atoms in total. The van der Waals surface area contributed by atoms with Crippen LogP contribution >= 0.6 is 0 Å². The number of hydrogen-bond acceptors (Lipinski definition) is 7. The molecule has 0 bridgehead atoms. The van der Waals surface area contributed by atoms with E-state index in [1.165, 1.54) is 25.3 Å². The number of methoxy groups -OCH3 is 1. The first-order chi connectivity index (χ1) is 14.2. The lowest BCUT2D eigenvalue weighted by atomic mass is 10.1. The van der Waals surface area contributed by atoms with E-state index in [0.29, 0.717) is 0 Å². The highest BCUT2D eigenvalue weighted by atomic mass is 32.2. The molecular formula is C20H22N2O7S. The van der Waals surface area contributed by atoms with Crippen LogP contribution in [-0.4, -0.2) is 52.3 Å². The number of para-hydroxylation sites is 1. The van der Waals surface area contributed by atoms with Crippen molar-refractivity contribution in [3.8, 4) is 0 Å². The van der Waals surface area contributed by atoms with Crippen molar-refractivity contribution in [3.05, 3.63) is 65.7 Å². The molecule has 0 heterocycles. The Balaban J connectivity index is 2.00. The van der Waals surface area contributed by atoms with Crippen molar-refractivity contribution in [2.75, 3.05) is 24.7 Å². The number of nitrogens with one attached hydrogen (secondary N) is 2. The molecule has 2 aromatic rings. The van der Waals surface area contributed by atoms with E-state index in [4.69, 9.17) is 9.47 Å². The highest BCUT2D eigenvalue weighted by Crippen LogP contribution is 2.17. The van der Waals surface area contributed by atoms with Gasteiger partial charge in [-0.3, -0.25) is 9.52 Å². The number of ether oxygens (including phenoxy) is 2. The van der Waals surface area contributed by atoms with E-state index in [2.05, 4.69) is 10.0 Å². The van der Waals surface area contributed by atoms with Gasteiger partial charge in [-0.2, -0.15) is 0 Å². The number of benzene rings is 2. The summed E-state index contributed by atoms with van der Waals surface area (Å²) in [7, 11) is -2.40. The SMILES string of the molecule is COC(=O)C(Cc1ccccc1)NC(=O)COC(=O)c1ccccc1NS(C)(=O)=O. The van der Waals surface area contributed by atoms with E-state index in [-0.39, 0.29) is 17.7 Å². The van der Waals surface area contributed by atoms with Gasteiger partial charge in [-0.1, -0.05) is 42.5 Å². The summed E-state index contributed by atoms with van der Waals surface area (Å²) in [5.74, 6) is -2.24. The zero-order chi connectivity index (χ0) is 22.1. The third kappa shape index (κ3) is 7.21. The summed E-state index contributed by atoms with van der Waals surface area (Å²) in [4.78, 5) is 36.5. The van der Waals surface area contributed by atoms with Crippen LogP contribution in [0.2, 0.25) is 0 Å². The van der Waals surface area contributed by atoms with Crippen LogP contribution in [0.1, 0.15) is 15.9 Å². The molecule has 0 aromatic heterocycles. The third-order valence-corrected chi connectivity index (χ3v) is 4.47. The van der Waals surface area contributed by atoms with Gasteiger partial charge in [0.1, 0.15) is 6.04 Å². The predicted molar refractivity (Wildman–Crippen MR) is 109 cm³/mol. The van der Waals surface area contributed by atoms with Crippen molar-refractivity contribution < 1.29 is 32.3 Å². The molecule has 0 fully saturated rings. The quantitative estimate of drug-likeness (QED) is 0.566. The Morgan fingerprint density at radius 3 is 2.27 bits per heavy atom. The van der Waals surface area contributed by atoms with Crippen LogP contribution in [0, 0.1) is 0 Å². The van der Waals surface area contributed by atoms with E-state index in [1.54, 1.807) is 30.3 Å². The average molecular weight is 434 g/mol. The van der Waals surface area contributed by atoms with Crippen molar-refractivity contribution in [3.63, 3.8) is 0 Å². The first kappa shape index (κ1) is 22.9. The summed E-state index contributed by atoms with van der Waals surface area (Å²) in [5, 5.41) is 2.47. The fourth-order valence-electron chi connectivity index (χ4n) is 2.58. The lowest BCUT2D eigenvalue weighted by Gasteiger charge is -2.17. The van der Waals surface area contributed by atoms with Gasteiger partial charge in [-0.25, -0.2) is 18.0 Å². The third-order valence-electron chi connectivity index (χ3n) is 3.88. The maximum atomic E-state index is 12.3. The highest BCUT2D eigenvalue weighted by Gasteiger charge is 2.23. The van der Waals surface area contributed by atoms with Crippen LogP contribution in [0.15, 0.2) is 54.6 Å². The van der Waals surface area contributed by atoms with Crippen LogP contribution < -0.4 is 10.0 Å². The highest BCUT2D eigenvalue weighted by molar-refractivity contribution is 7.92. The van der Waals surface area contributed by atoms with Gasteiger partial charge in [0.25, 0.3) is 5.91 Å². The Labute approximate surface area is 174 Å². The Hall–Kier alpha value is -3.40. The van der Waals surface area contributed by atoms with E-state index in [9.17, 15) is 22.8 Å². The van der Waals surface area contributed by atoms with Gasteiger partial charge in [-0.15, -0.1) is 0 Å². The molecule has 0 aliphatic carbocycles. The number of esters is 2. The molecule has 0 saturated carbocycles. The lowest BCUT2D eigenvalue weighted by molar-refractivity contribution is -0.145. The van der Waals surface area contributed by atoms with Gasteiger partial charge in [0, 0.05) is 6.42 Å². The van der Waals surface area contributed by atoms with Gasteiger partial charge in [0.2, 0.25) is 10.0 Å². The number of sulfonamides is 1. The summed E-state index contributed by atoms with van der Waals surface area (Å²) in [6.07, 6.45) is 1.15. The number of carbonyl (C=O) groups excluding carboxylic acids is 3. The Bertz CT molecular complexity index is 1010. The molecule has 0 radical (unpaired) electrons. The fraction of sp³-hybridized carbons (Fsp3) is 0.250. The van der Waals surface area contributed by atoms with E-state index < -0.39 is 40.5 Å². The maximum Gasteiger partial charge on any atom is 0.340 e. The minimum Gasteiger partial charge on any atom is -0.467 e. The molecule has 30 heavy (non-hydrogen) atoms. The number of hydrogen-bond donors (Lipinski definition) is 2. The molecule has 1 atom stereocenters. The van der Waals surface area contributed by atoms with Crippen molar-refractivity contribution >= 4 is 33.6 Å². The predicted octanol–water partition coefficient (Wildman–Crippen LogP) is 1.12. The first-order valence-corrected chi connectivity index (χ1v) is 10.7. The summed E-state index contributed by atoms with van der Waals surface area (Å²) in [5.41, 5.74) is 0.789. The van der Waals surface area contributed by atoms with Crippen molar-refractivity contribution in [1.29, 1.82) is 0 Å². The van der Waals surface area contributed by atoms with E-state index >= 15 is 0 Å². The van der Waals surface area contributed by atoms with Gasteiger partial charge in [0.15, 0.2) is 6.61 Å². The normalized spacial score (nSPS) is 11.8. The van der Waals surface area contributed by atoms with Crippen molar-refractivity contribution in [2.45, 2.75) is 12.5 Å². The molecule has 160 valence electrons. The molecule has 2 N–H and O–H groups in total. The lowest BCUT2D eigenvalue weighted by Crippen LogP contribution is -2.44.